The summed E-state index contributed by atoms with van der Waals surface area (Å²) in [5, 5.41) is 2.37. The van der Waals surface area contributed by atoms with Crippen LogP contribution < -0.4 is 5.32 Å². The Bertz CT molecular complexity index is 420. The number of rotatable bonds is 4. The first-order valence-corrected chi connectivity index (χ1v) is 5.28. The van der Waals surface area contributed by atoms with E-state index < -0.39 is 23.7 Å². The lowest BCUT2D eigenvalue weighted by atomic mass is 10.2. The number of benzene rings is 1. The van der Waals surface area contributed by atoms with E-state index in [1.165, 1.54) is 25.1 Å². The maximum Gasteiger partial charge on any atom is 0.328 e. The molecule has 0 aliphatic carbocycles. The fraction of sp³-hybridized carbons (Fsp3) is 0.333. The van der Waals surface area contributed by atoms with E-state index in [1.807, 2.05) is 0 Å². The summed E-state index contributed by atoms with van der Waals surface area (Å²) in [5.74, 6) is -1.80. The normalized spacial score (nSPS) is 11.7. The fourth-order valence-corrected chi connectivity index (χ4v) is 1.25. The molecule has 5 heteroatoms. The van der Waals surface area contributed by atoms with Gasteiger partial charge >= 0.3 is 5.97 Å². The van der Waals surface area contributed by atoms with Crippen molar-refractivity contribution in [1.29, 1.82) is 0 Å². The van der Waals surface area contributed by atoms with Crippen molar-refractivity contribution in [3.63, 3.8) is 0 Å². The molecule has 0 heterocycles. The van der Waals surface area contributed by atoms with Crippen molar-refractivity contribution in [2.45, 2.75) is 19.9 Å². The lowest BCUT2D eigenvalue weighted by molar-refractivity contribution is -0.144. The van der Waals surface area contributed by atoms with Crippen LogP contribution in [0.4, 0.5) is 4.39 Å². The largest absolute Gasteiger partial charge is 0.464 e. The summed E-state index contributed by atoms with van der Waals surface area (Å²) in [6.45, 7) is 3.39. The molecule has 0 spiro atoms. The minimum absolute atomic E-state index is 0.0938. The lowest BCUT2D eigenvalue weighted by Crippen LogP contribution is -2.39. The highest BCUT2D eigenvalue weighted by atomic mass is 19.1. The number of esters is 1. The van der Waals surface area contributed by atoms with Crippen LogP contribution in [0.5, 0.6) is 0 Å². The highest BCUT2D eigenvalue weighted by molar-refractivity contribution is 5.96. The first-order valence-electron chi connectivity index (χ1n) is 5.28. The molecule has 0 aliphatic heterocycles. The van der Waals surface area contributed by atoms with Gasteiger partial charge in [-0.15, -0.1) is 0 Å². The van der Waals surface area contributed by atoms with Crippen LogP contribution >= 0.6 is 0 Å². The molecular formula is C12H14FNO3. The van der Waals surface area contributed by atoms with E-state index in [0.717, 1.165) is 0 Å². The Morgan fingerprint density at radius 2 is 2.06 bits per heavy atom. The number of carbonyl (C=O) groups excluding carboxylic acids is 2. The Kier molecular flexibility index (Phi) is 4.63. The second kappa shape index (κ2) is 5.98. The van der Waals surface area contributed by atoms with Gasteiger partial charge in [0.15, 0.2) is 0 Å². The van der Waals surface area contributed by atoms with Gasteiger partial charge in [0.1, 0.15) is 11.9 Å². The number of halogens is 1. The van der Waals surface area contributed by atoms with E-state index in [-0.39, 0.29) is 12.2 Å². The second-order valence-electron chi connectivity index (χ2n) is 3.43. The van der Waals surface area contributed by atoms with Gasteiger partial charge in [-0.2, -0.15) is 0 Å². The molecule has 1 aromatic rings. The van der Waals surface area contributed by atoms with Gasteiger partial charge in [0.05, 0.1) is 12.2 Å². The maximum atomic E-state index is 13.3. The molecule has 0 radical (unpaired) electrons. The van der Waals surface area contributed by atoms with Crippen molar-refractivity contribution in [2.75, 3.05) is 6.61 Å². The van der Waals surface area contributed by atoms with E-state index >= 15 is 0 Å². The van der Waals surface area contributed by atoms with Gasteiger partial charge in [0.2, 0.25) is 0 Å². The predicted octanol–water partition coefficient (Wildman–Crippen LogP) is 1.51. The zero-order chi connectivity index (χ0) is 12.8. The van der Waals surface area contributed by atoms with Gasteiger partial charge in [0, 0.05) is 0 Å². The Hall–Kier alpha value is -1.91. The van der Waals surface area contributed by atoms with E-state index in [1.54, 1.807) is 13.0 Å². The first kappa shape index (κ1) is 13.2. The van der Waals surface area contributed by atoms with E-state index in [4.69, 9.17) is 4.74 Å². The number of hydrogen-bond donors (Lipinski definition) is 1. The highest BCUT2D eigenvalue weighted by Gasteiger charge is 2.19. The molecule has 0 fully saturated rings. The zero-order valence-corrected chi connectivity index (χ0v) is 9.70. The fourth-order valence-electron chi connectivity index (χ4n) is 1.25. The van der Waals surface area contributed by atoms with Crippen LogP contribution in [0.1, 0.15) is 24.2 Å². The van der Waals surface area contributed by atoms with Crippen LogP contribution in [0.3, 0.4) is 0 Å². The smallest absolute Gasteiger partial charge is 0.328 e. The van der Waals surface area contributed by atoms with Gasteiger partial charge in [-0.1, -0.05) is 12.1 Å². The Balaban J connectivity index is 2.67. The number of ether oxygens (including phenoxy) is 1. The van der Waals surface area contributed by atoms with Crippen LogP contribution in [0.25, 0.3) is 0 Å². The zero-order valence-electron chi connectivity index (χ0n) is 9.70. The van der Waals surface area contributed by atoms with Crippen LogP contribution in [0.15, 0.2) is 24.3 Å². The third-order valence-electron chi connectivity index (χ3n) is 2.11. The summed E-state index contributed by atoms with van der Waals surface area (Å²) in [5.41, 5.74) is -0.0938. The van der Waals surface area contributed by atoms with E-state index in [0.29, 0.717) is 0 Å². The molecule has 4 nitrogen and oxygen atoms in total. The third kappa shape index (κ3) is 3.55. The molecule has 1 aromatic carbocycles. The summed E-state index contributed by atoms with van der Waals surface area (Å²) in [7, 11) is 0. The van der Waals surface area contributed by atoms with E-state index in [9.17, 15) is 14.0 Å². The Morgan fingerprint density at radius 1 is 1.41 bits per heavy atom. The van der Waals surface area contributed by atoms with Crippen LogP contribution in [-0.4, -0.2) is 24.5 Å². The van der Waals surface area contributed by atoms with Gasteiger partial charge in [-0.25, -0.2) is 9.18 Å². The molecule has 1 amide bonds. The molecule has 1 atom stereocenters. The van der Waals surface area contributed by atoms with Crippen molar-refractivity contribution in [2.24, 2.45) is 0 Å². The summed E-state index contributed by atoms with van der Waals surface area (Å²) in [4.78, 5) is 22.9. The van der Waals surface area contributed by atoms with Crippen LogP contribution in [0.2, 0.25) is 0 Å². The summed E-state index contributed by atoms with van der Waals surface area (Å²) in [6.07, 6.45) is 0. The maximum absolute atomic E-state index is 13.3. The quantitative estimate of drug-likeness (QED) is 0.810. The molecule has 0 unspecified atom stereocenters. The molecule has 0 aliphatic rings. The molecule has 0 saturated carbocycles. The molecule has 1 rings (SSSR count). The first-order chi connectivity index (χ1) is 8.06. The van der Waals surface area contributed by atoms with Crippen molar-refractivity contribution in [3.05, 3.63) is 35.6 Å². The van der Waals surface area contributed by atoms with Crippen molar-refractivity contribution < 1.29 is 18.7 Å². The van der Waals surface area contributed by atoms with Gasteiger partial charge in [-0.05, 0) is 26.0 Å². The van der Waals surface area contributed by atoms with Gasteiger partial charge in [0.25, 0.3) is 5.91 Å². The molecule has 1 N–H and O–H groups in total. The molecular weight excluding hydrogens is 225 g/mol. The summed E-state index contributed by atoms with van der Waals surface area (Å²) >= 11 is 0. The molecule has 0 bridgehead atoms. The van der Waals surface area contributed by atoms with Crippen molar-refractivity contribution >= 4 is 11.9 Å². The third-order valence-corrected chi connectivity index (χ3v) is 2.11. The predicted molar refractivity (Wildman–Crippen MR) is 60.0 cm³/mol. The average molecular weight is 239 g/mol. The molecule has 17 heavy (non-hydrogen) atoms. The van der Waals surface area contributed by atoms with Crippen molar-refractivity contribution in [3.8, 4) is 0 Å². The minimum Gasteiger partial charge on any atom is -0.464 e. The average Bonchev–Trinajstić information content (AvgIpc) is 2.29. The molecule has 92 valence electrons. The van der Waals surface area contributed by atoms with Gasteiger partial charge < -0.3 is 10.1 Å². The molecule has 0 aromatic heterocycles. The monoisotopic (exact) mass is 239 g/mol. The topological polar surface area (TPSA) is 55.4 Å². The van der Waals surface area contributed by atoms with E-state index in [2.05, 4.69) is 5.32 Å². The van der Waals surface area contributed by atoms with Crippen LogP contribution in [-0.2, 0) is 9.53 Å². The number of hydrogen-bond acceptors (Lipinski definition) is 3. The lowest BCUT2D eigenvalue weighted by Gasteiger charge is -2.12. The highest BCUT2D eigenvalue weighted by Crippen LogP contribution is 2.06. The SMILES string of the molecule is CCOC(=O)[C@H](C)NC(=O)c1ccccc1F. The minimum atomic E-state index is -0.804. The summed E-state index contributed by atoms with van der Waals surface area (Å²) in [6, 6.07) is 4.77. The number of nitrogens with one attached hydrogen (secondary N) is 1. The number of carbonyl (C=O) groups is 2. The second-order valence-corrected chi connectivity index (χ2v) is 3.43. The number of amides is 1. The standard InChI is InChI=1S/C12H14FNO3/c1-3-17-12(16)8(2)14-11(15)9-6-4-5-7-10(9)13/h4-8H,3H2,1-2H3,(H,14,15)/t8-/m0/s1. The Morgan fingerprint density at radius 3 is 2.65 bits per heavy atom. The van der Waals surface area contributed by atoms with Crippen LogP contribution in [0, 0.1) is 5.82 Å². The van der Waals surface area contributed by atoms with Gasteiger partial charge in [-0.3, -0.25) is 4.79 Å². The summed E-state index contributed by atoms with van der Waals surface area (Å²) < 4.78 is 18.0. The Labute approximate surface area is 98.8 Å². The molecule has 0 saturated heterocycles. The van der Waals surface area contributed by atoms with Crippen molar-refractivity contribution in [1.82, 2.24) is 5.32 Å².